The molecule has 36 heavy (non-hydrogen) atoms. The molecule has 182 valence electrons. The van der Waals surface area contributed by atoms with Gasteiger partial charge in [0, 0.05) is 28.9 Å². The molecule has 0 spiro atoms. The summed E-state index contributed by atoms with van der Waals surface area (Å²) in [5.74, 6) is 0.714. The molecule has 0 bridgehead atoms. The number of nitrogens with zero attached hydrogens (tertiary/aromatic N) is 3. The number of hydrogen-bond donors (Lipinski definition) is 2. The molecule has 0 saturated carbocycles. The van der Waals surface area contributed by atoms with Gasteiger partial charge in [-0.3, -0.25) is 4.72 Å². The van der Waals surface area contributed by atoms with Crippen LogP contribution in [-0.4, -0.2) is 23.0 Å². The number of hydrogen-bond acceptors (Lipinski definition) is 5. The number of aryl methyl sites for hydroxylation is 1. The number of rotatable bonds is 7. The number of benzene rings is 3. The van der Waals surface area contributed by atoms with Gasteiger partial charge in [0.15, 0.2) is 5.65 Å². The van der Waals surface area contributed by atoms with E-state index in [0.717, 1.165) is 21.2 Å². The minimum atomic E-state index is -3.69. The molecular weight excluding hydrogens is 562 g/mol. The largest absolute Gasteiger partial charge is 0.366 e. The van der Waals surface area contributed by atoms with E-state index in [2.05, 4.69) is 31.1 Å². The van der Waals surface area contributed by atoms with Crippen LogP contribution in [0.15, 0.2) is 94.4 Å². The average Bonchev–Trinajstić information content (AvgIpc) is 3.24. The second-order valence-electron chi connectivity index (χ2n) is 8.21. The first-order valence-electron chi connectivity index (χ1n) is 11.0. The zero-order valence-corrected chi connectivity index (χ0v) is 22.3. The van der Waals surface area contributed by atoms with Crippen LogP contribution in [0, 0.1) is 6.92 Å². The van der Waals surface area contributed by atoms with Crippen molar-refractivity contribution in [2.24, 2.45) is 0 Å². The van der Waals surface area contributed by atoms with Crippen LogP contribution >= 0.6 is 27.5 Å². The average molecular weight is 583 g/mol. The summed E-state index contributed by atoms with van der Waals surface area (Å²) in [6, 6.07) is 23.4. The van der Waals surface area contributed by atoms with Crippen molar-refractivity contribution in [3.05, 3.63) is 106 Å². The fourth-order valence-electron chi connectivity index (χ4n) is 3.74. The van der Waals surface area contributed by atoms with Crippen LogP contribution in [0.1, 0.15) is 11.1 Å². The maximum Gasteiger partial charge on any atom is 0.261 e. The van der Waals surface area contributed by atoms with Crippen LogP contribution in [-0.2, 0) is 16.6 Å². The minimum absolute atomic E-state index is 0.215. The molecule has 2 aromatic heterocycles. The molecule has 0 aliphatic heterocycles. The summed E-state index contributed by atoms with van der Waals surface area (Å²) in [5, 5.41) is 8.41. The summed E-state index contributed by atoms with van der Waals surface area (Å²) in [4.78, 5) is 4.94. The molecule has 0 fully saturated rings. The van der Waals surface area contributed by atoms with Gasteiger partial charge in [0.05, 0.1) is 21.3 Å². The van der Waals surface area contributed by atoms with Crippen molar-refractivity contribution < 1.29 is 8.42 Å². The van der Waals surface area contributed by atoms with E-state index in [4.69, 9.17) is 16.6 Å². The van der Waals surface area contributed by atoms with Gasteiger partial charge in [0.25, 0.3) is 10.0 Å². The molecule has 0 radical (unpaired) electrons. The Labute approximate surface area is 222 Å². The van der Waals surface area contributed by atoms with Gasteiger partial charge in [0.1, 0.15) is 5.82 Å². The number of nitrogens with one attached hydrogen (secondary N) is 2. The van der Waals surface area contributed by atoms with Gasteiger partial charge in [-0.25, -0.2) is 13.4 Å². The standard InChI is InChI=1S/C26H21BrClN5O2S/c1-17-9-11-20(12-10-17)36(34,35)32-19-6-4-5-18(13-19)15-29-25-14-24(21-7-2-3-8-23(21)28)31-26-22(27)16-30-33(25)26/h2-14,16,29,32H,15H2,1H3. The molecule has 5 rings (SSSR count). The van der Waals surface area contributed by atoms with Crippen LogP contribution in [0.3, 0.4) is 0 Å². The van der Waals surface area contributed by atoms with Crippen LogP contribution in [0.5, 0.6) is 0 Å². The Kier molecular flexibility index (Phi) is 6.70. The number of aromatic nitrogens is 3. The van der Waals surface area contributed by atoms with E-state index >= 15 is 0 Å². The predicted octanol–water partition coefficient (Wildman–Crippen LogP) is 6.53. The summed E-state index contributed by atoms with van der Waals surface area (Å²) < 4.78 is 30.7. The third-order valence-corrected chi connectivity index (χ3v) is 7.85. The quantitative estimate of drug-likeness (QED) is 0.228. The minimum Gasteiger partial charge on any atom is -0.366 e. The van der Waals surface area contributed by atoms with Gasteiger partial charge in [-0.1, -0.05) is 59.6 Å². The molecule has 10 heteroatoms. The molecule has 0 aliphatic carbocycles. The van der Waals surface area contributed by atoms with Crippen LogP contribution in [0.4, 0.5) is 11.5 Å². The van der Waals surface area contributed by atoms with Crippen molar-refractivity contribution in [2.75, 3.05) is 10.0 Å². The Morgan fingerprint density at radius 3 is 2.56 bits per heavy atom. The lowest BCUT2D eigenvalue weighted by Gasteiger charge is -2.13. The highest BCUT2D eigenvalue weighted by atomic mass is 79.9. The van der Waals surface area contributed by atoms with Crippen LogP contribution < -0.4 is 10.0 Å². The van der Waals surface area contributed by atoms with E-state index in [-0.39, 0.29) is 4.90 Å². The van der Waals surface area contributed by atoms with Gasteiger partial charge in [-0.2, -0.15) is 9.61 Å². The lowest BCUT2D eigenvalue weighted by Crippen LogP contribution is -2.13. The SMILES string of the molecule is Cc1ccc(S(=O)(=O)Nc2cccc(CNc3cc(-c4ccccc4Cl)nc4c(Br)cnn34)c2)cc1. The summed E-state index contributed by atoms with van der Waals surface area (Å²) in [5.41, 5.74) is 4.52. The van der Waals surface area contributed by atoms with Crippen molar-refractivity contribution in [3.8, 4) is 11.3 Å². The van der Waals surface area contributed by atoms with Gasteiger partial charge < -0.3 is 5.32 Å². The molecule has 7 nitrogen and oxygen atoms in total. The zero-order valence-electron chi connectivity index (χ0n) is 19.1. The molecule has 5 aromatic rings. The normalized spacial score (nSPS) is 11.5. The number of anilines is 2. The van der Waals surface area contributed by atoms with Crippen molar-refractivity contribution >= 4 is 54.7 Å². The van der Waals surface area contributed by atoms with E-state index in [1.54, 1.807) is 47.1 Å². The van der Waals surface area contributed by atoms with Crippen LogP contribution in [0.25, 0.3) is 16.9 Å². The molecular formula is C26H21BrClN5O2S. The first-order valence-corrected chi connectivity index (χ1v) is 13.7. The summed E-state index contributed by atoms with van der Waals surface area (Å²) in [7, 11) is -3.69. The summed E-state index contributed by atoms with van der Waals surface area (Å²) in [6.45, 7) is 2.34. The zero-order chi connectivity index (χ0) is 25.3. The third-order valence-electron chi connectivity index (χ3n) is 5.56. The Bertz CT molecular complexity index is 1670. The Morgan fingerprint density at radius 2 is 1.78 bits per heavy atom. The number of fused-ring (bicyclic) bond motifs is 1. The highest BCUT2D eigenvalue weighted by molar-refractivity contribution is 9.10. The fourth-order valence-corrected chi connectivity index (χ4v) is 5.37. The van der Waals surface area contributed by atoms with E-state index in [1.807, 2.05) is 49.4 Å². The van der Waals surface area contributed by atoms with E-state index in [0.29, 0.717) is 34.4 Å². The van der Waals surface area contributed by atoms with Crippen molar-refractivity contribution in [3.63, 3.8) is 0 Å². The molecule has 0 unspecified atom stereocenters. The first-order chi connectivity index (χ1) is 17.3. The highest BCUT2D eigenvalue weighted by Gasteiger charge is 2.15. The molecule has 0 amide bonds. The Hall–Kier alpha value is -3.40. The molecule has 0 saturated heterocycles. The first kappa shape index (κ1) is 24.3. The Morgan fingerprint density at radius 1 is 1.00 bits per heavy atom. The summed E-state index contributed by atoms with van der Waals surface area (Å²) in [6.07, 6.45) is 1.68. The molecule has 0 aliphatic rings. The van der Waals surface area contributed by atoms with Crippen molar-refractivity contribution in [1.29, 1.82) is 0 Å². The maximum atomic E-state index is 12.8. The van der Waals surface area contributed by atoms with E-state index in [9.17, 15) is 8.42 Å². The fraction of sp³-hybridized carbons (Fsp3) is 0.0769. The highest BCUT2D eigenvalue weighted by Crippen LogP contribution is 2.30. The van der Waals surface area contributed by atoms with Crippen molar-refractivity contribution in [1.82, 2.24) is 14.6 Å². The molecule has 2 N–H and O–H groups in total. The van der Waals surface area contributed by atoms with Crippen molar-refractivity contribution in [2.45, 2.75) is 18.4 Å². The van der Waals surface area contributed by atoms with E-state index in [1.165, 1.54) is 0 Å². The number of sulfonamides is 1. The van der Waals surface area contributed by atoms with E-state index < -0.39 is 10.0 Å². The van der Waals surface area contributed by atoms with Gasteiger partial charge in [-0.15, -0.1) is 0 Å². The predicted molar refractivity (Wildman–Crippen MR) is 147 cm³/mol. The summed E-state index contributed by atoms with van der Waals surface area (Å²) >= 11 is 9.93. The van der Waals surface area contributed by atoms with Gasteiger partial charge in [-0.05, 0) is 58.7 Å². The monoisotopic (exact) mass is 581 g/mol. The second-order valence-corrected chi connectivity index (χ2v) is 11.2. The Balaban J connectivity index is 1.40. The van der Waals surface area contributed by atoms with Gasteiger partial charge in [0.2, 0.25) is 0 Å². The lowest BCUT2D eigenvalue weighted by atomic mass is 10.1. The molecule has 3 aromatic carbocycles. The number of halogens is 2. The smallest absolute Gasteiger partial charge is 0.261 e. The molecule has 2 heterocycles. The lowest BCUT2D eigenvalue weighted by molar-refractivity contribution is 0.601. The van der Waals surface area contributed by atoms with Crippen LogP contribution in [0.2, 0.25) is 5.02 Å². The topological polar surface area (TPSA) is 88.4 Å². The molecule has 0 atom stereocenters. The van der Waals surface area contributed by atoms with Gasteiger partial charge >= 0.3 is 0 Å². The maximum absolute atomic E-state index is 12.8. The second kappa shape index (κ2) is 9.93. The third kappa shape index (κ3) is 5.09.